The van der Waals surface area contributed by atoms with Crippen LogP contribution in [0.4, 0.5) is 0 Å². The molecule has 0 fully saturated rings. The lowest BCUT2D eigenvalue weighted by Gasteiger charge is -2.21. The topological polar surface area (TPSA) is 67.4 Å². The first kappa shape index (κ1) is 14.4. The Hall–Kier alpha value is -2.04. The van der Waals surface area contributed by atoms with E-state index in [1.165, 1.54) is 0 Å². The van der Waals surface area contributed by atoms with Crippen LogP contribution < -0.4 is 15.4 Å². The van der Waals surface area contributed by atoms with Crippen molar-refractivity contribution in [3.05, 3.63) is 29.3 Å². The fourth-order valence-corrected chi connectivity index (χ4v) is 2.30. The minimum atomic E-state index is -0.551. The Balaban J connectivity index is 2.20. The highest BCUT2D eigenvalue weighted by molar-refractivity contribution is 6.00. The number of benzene rings is 1. The van der Waals surface area contributed by atoms with Gasteiger partial charge in [-0.15, -0.1) is 0 Å². The number of ether oxygens (including phenoxy) is 1. The highest BCUT2D eigenvalue weighted by Gasteiger charge is 2.26. The highest BCUT2D eigenvalue weighted by Crippen LogP contribution is 2.29. The molecule has 0 spiro atoms. The van der Waals surface area contributed by atoms with Gasteiger partial charge in [0.15, 0.2) is 0 Å². The Morgan fingerprint density at radius 2 is 2.05 bits per heavy atom. The molecular weight excluding hydrogens is 256 g/mol. The molecule has 5 heteroatoms. The molecule has 1 aromatic rings. The van der Waals surface area contributed by atoms with E-state index in [1.54, 1.807) is 13.1 Å². The average Bonchev–Trinajstić information content (AvgIpc) is 2.91. The Bertz CT molecular complexity index is 526. The normalized spacial score (nSPS) is 14.4. The maximum absolute atomic E-state index is 12.4. The van der Waals surface area contributed by atoms with Gasteiger partial charge in [-0.1, -0.05) is 26.0 Å². The van der Waals surface area contributed by atoms with Gasteiger partial charge in [-0.2, -0.15) is 0 Å². The molecule has 2 N–H and O–H groups in total. The van der Waals surface area contributed by atoms with E-state index in [0.29, 0.717) is 17.9 Å². The van der Waals surface area contributed by atoms with Gasteiger partial charge in [-0.05, 0) is 17.5 Å². The summed E-state index contributed by atoms with van der Waals surface area (Å²) in [6, 6.07) is 4.97. The molecule has 1 aliphatic heterocycles. The third-order valence-electron chi connectivity index (χ3n) is 3.44. The number of para-hydroxylation sites is 1. The fraction of sp³-hybridized carbons (Fsp3) is 0.467. The molecule has 108 valence electrons. The molecule has 1 aromatic carbocycles. The Morgan fingerprint density at radius 1 is 1.30 bits per heavy atom. The summed E-state index contributed by atoms with van der Waals surface area (Å²) in [5, 5.41) is 5.35. The van der Waals surface area contributed by atoms with Crippen LogP contribution in [0.2, 0.25) is 0 Å². The second kappa shape index (κ2) is 5.94. The van der Waals surface area contributed by atoms with Crippen LogP contribution in [-0.4, -0.2) is 31.5 Å². The zero-order valence-corrected chi connectivity index (χ0v) is 12.0. The van der Waals surface area contributed by atoms with Crippen LogP contribution in [0, 0.1) is 5.92 Å². The molecule has 1 heterocycles. The summed E-state index contributed by atoms with van der Waals surface area (Å²) >= 11 is 0. The van der Waals surface area contributed by atoms with Crippen molar-refractivity contribution in [2.75, 3.05) is 13.7 Å². The van der Waals surface area contributed by atoms with Gasteiger partial charge in [0.1, 0.15) is 11.8 Å². The molecule has 0 saturated heterocycles. The molecule has 2 amide bonds. The molecule has 0 aliphatic carbocycles. The zero-order valence-electron chi connectivity index (χ0n) is 12.0. The van der Waals surface area contributed by atoms with Gasteiger partial charge < -0.3 is 15.4 Å². The van der Waals surface area contributed by atoms with Crippen LogP contribution in [0.25, 0.3) is 0 Å². The molecule has 0 bridgehead atoms. The number of carbonyl (C=O) groups is 2. The number of likely N-dealkylation sites (N-methyl/N-ethyl adjacent to an activating group) is 1. The molecule has 20 heavy (non-hydrogen) atoms. The lowest BCUT2D eigenvalue weighted by molar-refractivity contribution is -0.123. The van der Waals surface area contributed by atoms with E-state index in [-0.39, 0.29) is 17.7 Å². The van der Waals surface area contributed by atoms with Crippen LogP contribution in [0.1, 0.15) is 29.8 Å². The number of fused-ring (bicyclic) bond motifs is 1. The fourth-order valence-electron chi connectivity index (χ4n) is 2.30. The summed E-state index contributed by atoms with van der Waals surface area (Å²) in [5.74, 6) is 0.189. The minimum Gasteiger partial charge on any atom is -0.492 e. The first-order chi connectivity index (χ1) is 9.54. The molecule has 1 aliphatic rings. The van der Waals surface area contributed by atoms with Crippen molar-refractivity contribution in [3.63, 3.8) is 0 Å². The largest absolute Gasteiger partial charge is 0.492 e. The third-order valence-corrected chi connectivity index (χ3v) is 3.44. The van der Waals surface area contributed by atoms with Gasteiger partial charge in [0.25, 0.3) is 5.91 Å². The number of hydrogen-bond acceptors (Lipinski definition) is 3. The molecule has 0 radical (unpaired) electrons. The predicted molar refractivity (Wildman–Crippen MR) is 75.8 cm³/mol. The van der Waals surface area contributed by atoms with Gasteiger partial charge in [0.2, 0.25) is 5.91 Å². The Morgan fingerprint density at radius 3 is 2.70 bits per heavy atom. The van der Waals surface area contributed by atoms with Crippen LogP contribution in [0.3, 0.4) is 0 Å². The van der Waals surface area contributed by atoms with E-state index in [0.717, 1.165) is 12.0 Å². The second-order valence-electron chi connectivity index (χ2n) is 5.20. The van der Waals surface area contributed by atoms with Crippen LogP contribution in [0.5, 0.6) is 5.75 Å². The van der Waals surface area contributed by atoms with Crippen molar-refractivity contribution in [1.82, 2.24) is 10.6 Å². The monoisotopic (exact) mass is 276 g/mol. The van der Waals surface area contributed by atoms with Crippen LogP contribution >= 0.6 is 0 Å². The Labute approximate surface area is 118 Å². The van der Waals surface area contributed by atoms with Crippen molar-refractivity contribution in [3.8, 4) is 5.75 Å². The highest BCUT2D eigenvalue weighted by atomic mass is 16.5. The van der Waals surface area contributed by atoms with Crippen molar-refractivity contribution < 1.29 is 14.3 Å². The third kappa shape index (κ3) is 2.76. The standard InChI is InChI=1S/C15H20N2O3/c1-9(2)12(15(19)16-3)17-14(18)11-6-4-5-10-7-8-20-13(10)11/h4-6,9,12H,7-8H2,1-3H3,(H,16,19)(H,17,18)/t12-/m0/s1. The van der Waals surface area contributed by atoms with Crippen molar-refractivity contribution >= 4 is 11.8 Å². The lowest BCUT2D eigenvalue weighted by atomic mass is 10.0. The molecule has 0 unspecified atom stereocenters. The smallest absolute Gasteiger partial charge is 0.255 e. The summed E-state index contributed by atoms with van der Waals surface area (Å²) in [5.41, 5.74) is 1.54. The summed E-state index contributed by atoms with van der Waals surface area (Å²) in [6.45, 7) is 4.39. The van der Waals surface area contributed by atoms with Gasteiger partial charge >= 0.3 is 0 Å². The number of nitrogens with one attached hydrogen (secondary N) is 2. The predicted octanol–water partition coefficient (Wildman–Crippen LogP) is 1.12. The lowest BCUT2D eigenvalue weighted by Crippen LogP contribution is -2.48. The molecule has 0 aromatic heterocycles. The molecule has 5 nitrogen and oxygen atoms in total. The molecule has 0 saturated carbocycles. The SMILES string of the molecule is CNC(=O)[C@@H](NC(=O)c1cccc2c1OCC2)C(C)C. The van der Waals surface area contributed by atoms with E-state index >= 15 is 0 Å². The molecule has 2 rings (SSSR count). The van der Waals surface area contributed by atoms with E-state index in [9.17, 15) is 9.59 Å². The van der Waals surface area contributed by atoms with Crippen molar-refractivity contribution in [2.24, 2.45) is 5.92 Å². The summed E-state index contributed by atoms with van der Waals surface area (Å²) in [7, 11) is 1.56. The van der Waals surface area contributed by atoms with Gasteiger partial charge in [-0.3, -0.25) is 9.59 Å². The number of carbonyl (C=O) groups excluding carboxylic acids is 2. The van der Waals surface area contributed by atoms with Gasteiger partial charge in [0, 0.05) is 13.5 Å². The first-order valence-corrected chi connectivity index (χ1v) is 6.81. The molecular formula is C15H20N2O3. The van der Waals surface area contributed by atoms with Gasteiger partial charge in [-0.25, -0.2) is 0 Å². The van der Waals surface area contributed by atoms with E-state index in [1.807, 2.05) is 26.0 Å². The van der Waals surface area contributed by atoms with Crippen LogP contribution in [0.15, 0.2) is 18.2 Å². The van der Waals surface area contributed by atoms with Gasteiger partial charge in [0.05, 0.1) is 12.2 Å². The first-order valence-electron chi connectivity index (χ1n) is 6.81. The van der Waals surface area contributed by atoms with Crippen molar-refractivity contribution in [1.29, 1.82) is 0 Å². The molecule has 1 atom stereocenters. The summed E-state index contributed by atoms with van der Waals surface area (Å²) in [6.07, 6.45) is 0.819. The number of hydrogen-bond donors (Lipinski definition) is 2. The van der Waals surface area contributed by atoms with E-state index in [4.69, 9.17) is 4.74 Å². The van der Waals surface area contributed by atoms with E-state index in [2.05, 4.69) is 10.6 Å². The van der Waals surface area contributed by atoms with E-state index < -0.39 is 6.04 Å². The maximum Gasteiger partial charge on any atom is 0.255 e. The average molecular weight is 276 g/mol. The number of amides is 2. The number of rotatable bonds is 4. The Kier molecular flexibility index (Phi) is 4.27. The summed E-state index contributed by atoms with van der Waals surface area (Å²) in [4.78, 5) is 24.2. The summed E-state index contributed by atoms with van der Waals surface area (Å²) < 4.78 is 5.52. The second-order valence-corrected chi connectivity index (χ2v) is 5.20. The maximum atomic E-state index is 12.4. The van der Waals surface area contributed by atoms with Crippen molar-refractivity contribution in [2.45, 2.75) is 26.3 Å². The quantitative estimate of drug-likeness (QED) is 0.866. The zero-order chi connectivity index (χ0) is 14.7. The van der Waals surface area contributed by atoms with Crippen LogP contribution in [-0.2, 0) is 11.2 Å². The minimum absolute atomic E-state index is 0.0107.